The number of primary amides is 1. The van der Waals surface area contributed by atoms with Crippen molar-refractivity contribution in [3.8, 4) is 0 Å². The van der Waals surface area contributed by atoms with Crippen molar-refractivity contribution in [1.82, 2.24) is 15.1 Å². The number of carbonyl (C=O) groups excluding carboxylic acids is 4. The van der Waals surface area contributed by atoms with E-state index in [1.807, 2.05) is 6.07 Å². The highest BCUT2D eigenvalue weighted by Crippen LogP contribution is 2.30. The first-order chi connectivity index (χ1) is 16.6. The number of aliphatic hydroxyl groups is 1. The van der Waals surface area contributed by atoms with Crippen LogP contribution in [0.4, 0.5) is 4.79 Å². The van der Waals surface area contributed by atoms with Crippen molar-refractivity contribution in [2.24, 2.45) is 11.7 Å². The van der Waals surface area contributed by atoms with E-state index in [4.69, 9.17) is 5.73 Å². The lowest BCUT2D eigenvalue weighted by atomic mass is 9.97. The number of amides is 5. The number of nitrogens with two attached hydrogens (primary N) is 1. The summed E-state index contributed by atoms with van der Waals surface area (Å²) in [4.78, 5) is 53.6. The first kappa shape index (κ1) is 25.6. The van der Waals surface area contributed by atoms with Crippen LogP contribution in [-0.2, 0) is 20.8 Å². The molecule has 184 valence electrons. The maximum Gasteiger partial charge on any atom is 0.329 e. The van der Waals surface area contributed by atoms with Crippen molar-refractivity contribution in [1.29, 1.82) is 0 Å². The van der Waals surface area contributed by atoms with Crippen molar-refractivity contribution in [3.63, 3.8) is 0 Å². The Hall–Kier alpha value is -3.98. The number of imide groups is 1. The largest absolute Gasteiger partial charge is 0.381 e. The molecule has 0 saturated heterocycles. The minimum atomic E-state index is -1.68. The number of aliphatic hydroxyl groups excluding tert-OH is 1. The lowest BCUT2D eigenvalue weighted by Crippen LogP contribution is -2.60. The van der Waals surface area contributed by atoms with E-state index in [0.717, 1.165) is 10.5 Å². The fourth-order valence-electron chi connectivity index (χ4n) is 4.09. The Bertz CT molecular complexity index is 1120. The van der Waals surface area contributed by atoms with E-state index < -0.39 is 36.0 Å². The highest BCUT2D eigenvalue weighted by atomic mass is 16.3. The van der Waals surface area contributed by atoms with Gasteiger partial charge in [0.05, 0.1) is 11.7 Å². The van der Waals surface area contributed by atoms with Crippen LogP contribution in [0.5, 0.6) is 0 Å². The van der Waals surface area contributed by atoms with Crippen LogP contribution in [0.25, 0.3) is 5.70 Å². The van der Waals surface area contributed by atoms with Gasteiger partial charge in [-0.05, 0) is 17.9 Å². The van der Waals surface area contributed by atoms with Crippen molar-refractivity contribution in [2.45, 2.75) is 45.4 Å². The predicted octanol–water partition coefficient (Wildman–Crippen LogP) is 1.87. The van der Waals surface area contributed by atoms with Gasteiger partial charge in [0.25, 0.3) is 5.91 Å². The Balaban J connectivity index is 2.02. The Morgan fingerprint density at radius 3 is 2.11 bits per heavy atom. The van der Waals surface area contributed by atoms with Crippen LogP contribution in [0.15, 0.2) is 66.9 Å². The average molecular weight is 479 g/mol. The summed E-state index contributed by atoms with van der Waals surface area (Å²) in [5, 5.41) is 13.1. The highest BCUT2D eigenvalue weighted by molar-refractivity contribution is 6.08. The van der Waals surface area contributed by atoms with Crippen LogP contribution in [0.1, 0.15) is 31.9 Å². The summed E-state index contributed by atoms with van der Waals surface area (Å²) in [6, 6.07) is 14.9. The minimum Gasteiger partial charge on any atom is -0.381 e. The zero-order valence-electron chi connectivity index (χ0n) is 19.9. The smallest absolute Gasteiger partial charge is 0.329 e. The Morgan fingerprint density at radius 2 is 1.60 bits per heavy atom. The molecule has 0 spiro atoms. The van der Waals surface area contributed by atoms with Crippen molar-refractivity contribution >= 4 is 29.4 Å². The molecule has 4 N–H and O–H groups in total. The minimum absolute atomic E-state index is 0.107. The summed E-state index contributed by atoms with van der Waals surface area (Å²) in [5.41, 5.74) is 6.82. The number of carbonyl (C=O) groups is 4. The lowest BCUT2D eigenvalue weighted by molar-refractivity contribution is -0.141. The van der Waals surface area contributed by atoms with Gasteiger partial charge in [0.1, 0.15) is 6.04 Å². The molecule has 0 bridgehead atoms. The van der Waals surface area contributed by atoms with Gasteiger partial charge in [-0.15, -0.1) is 0 Å². The molecule has 9 nitrogen and oxygen atoms in total. The van der Waals surface area contributed by atoms with Gasteiger partial charge in [0, 0.05) is 18.7 Å². The summed E-state index contributed by atoms with van der Waals surface area (Å²) in [6.45, 7) is 4.92. The molecule has 5 amide bonds. The van der Waals surface area contributed by atoms with Gasteiger partial charge in [0.15, 0.2) is 6.10 Å². The van der Waals surface area contributed by atoms with E-state index in [0.29, 0.717) is 5.56 Å². The first-order valence-electron chi connectivity index (χ1n) is 11.3. The third-order valence-corrected chi connectivity index (χ3v) is 5.82. The van der Waals surface area contributed by atoms with Crippen molar-refractivity contribution < 1.29 is 24.3 Å². The molecule has 0 fully saturated rings. The third kappa shape index (κ3) is 5.75. The number of urea groups is 1. The van der Waals surface area contributed by atoms with Gasteiger partial charge in [0.2, 0.25) is 11.8 Å². The van der Waals surface area contributed by atoms with E-state index >= 15 is 0 Å². The number of nitrogens with one attached hydrogen (secondary N) is 1. The maximum atomic E-state index is 13.6. The molecule has 35 heavy (non-hydrogen) atoms. The molecule has 1 aliphatic rings. The van der Waals surface area contributed by atoms with Gasteiger partial charge >= 0.3 is 6.03 Å². The van der Waals surface area contributed by atoms with E-state index in [-0.39, 0.29) is 23.9 Å². The normalized spacial score (nSPS) is 17.6. The second kappa shape index (κ2) is 11.0. The SMILES string of the molecule is CC(=O)N1C=C(c2ccccc2)N(C(=O)NC(Cc2ccccc2)C(O)C(N)=O)C(=O)C1C(C)C. The summed E-state index contributed by atoms with van der Waals surface area (Å²) < 4.78 is 0. The molecule has 0 aromatic heterocycles. The van der Waals surface area contributed by atoms with Gasteiger partial charge < -0.3 is 21.1 Å². The van der Waals surface area contributed by atoms with E-state index in [1.54, 1.807) is 68.4 Å². The number of hydrogen-bond acceptors (Lipinski definition) is 5. The van der Waals surface area contributed by atoms with Crippen LogP contribution < -0.4 is 11.1 Å². The maximum absolute atomic E-state index is 13.6. The molecule has 0 radical (unpaired) electrons. The number of benzene rings is 2. The summed E-state index contributed by atoms with van der Waals surface area (Å²) >= 11 is 0. The van der Waals surface area contributed by atoms with Crippen LogP contribution in [0.2, 0.25) is 0 Å². The average Bonchev–Trinajstić information content (AvgIpc) is 2.83. The molecule has 9 heteroatoms. The summed E-state index contributed by atoms with van der Waals surface area (Å²) in [7, 11) is 0. The Labute approximate surface area is 204 Å². The fraction of sp³-hybridized carbons (Fsp3) is 0.308. The van der Waals surface area contributed by atoms with Crippen LogP contribution in [0, 0.1) is 5.92 Å². The number of hydrogen-bond donors (Lipinski definition) is 3. The fourth-order valence-corrected chi connectivity index (χ4v) is 4.09. The molecule has 2 aromatic carbocycles. The van der Waals surface area contributed by atoms with E-state index in [9.17, 15) is 24.3 Å². The van der Waals surface area contributed by atoms with E-state index in [1.165, 1.54) is 18.0 Å². The second-order valence-electron chi connectivity index (χ2n) is 8.76. The standard InChI is InChI=1S/C26H30N4O5/c1-16(2)22-25(34)30(21(15-29(22)17(3)31)19-12-8-5-9-13-19)26(35)28-20(23(32)24(27)33)14-18-10-6-4-7-11-18/h4-13,15-16,20,22-23,32H,14H2,1-3H3,(H2,27,33)(H,28,35). The quantitative estimate of drug-likeness (QED) is 0.559. The highest BCUT2D eigenvalue weighted by Gasteiger charge is 2.43. The van der Waals surface area contributed by atoms with Gasteiger partial charge in [-0.3, -0.25) is 14.4 Å². The van der Waals surface area contributed by atoms with Gasteiger partial charge in [-0.1, -0.05) is 74.5 Å². The van der Waals surface area contributed by atoms with Gasteiger partial charge in [-0.25, -0.2) is 9.69 Å². The Kier molecular flexibility index (Phi) is 8.03. The van der Waals surface area contributed by atoms with Gasteiger partial charge in [-0.2, -0.15) is 0 Å². The van der Waals surface area contributed by atoms with Crippen LogP contribution in [0.3, 0.4) is 0 Å². The molecule has 0 aliphatic carbocycles. The summed E-state index contributed by atoms with van der Waals surface area (Å²) in [6.07, 6.45) is -0.0890. The molecule has 2 aromatic rings. The first-order valence-corrected chi connectivity index (χ1v) is 11.3. The molecular formula is C26H30N4O5. The van der Waals surface area contributed by atoms with Crippen molar-refractivity contribution in [3.05, 3.63) is 78.0 Å². The van der Waals surface area contributed by atoms with Crippen LogP contribution >= 0.6 is 0 Å². The predicted molar refractivity (Wildman–Crippen MR) is 130 cm³/mol. The lowest BCUT2D eigenvalue weighted by Gasteiger charge is -2.40. The zero-order chi connectivity index (χ0) is 25.7. The van der Waals surface area contributed by atoms with E-state index in [2.05, 4.69) is 5.32 Å². The molecule has 0 saturated carbocycles. The topological polar surface area (TPSA) is 133 Å². The molecular weight excluding hydrogens is 448 g/mol. The molecule has 3 unspecified atom stereocenters. The van der Waals surface area contributed by atoms with Crippen molar-refractivity contribution in [2.75, 3.05) is 0 Å². The second-order valence-corrected chi connectivity index (χ2v) is 8.76. The molecule has 3 atom stereocenters. The van der Waals surface area contributed by atoms with Crippen LogP contribution in [-0.4, -0.2) is 56.8 Å². The monoisotopic (exact) mass is 478 g/mol. The molecule has 3 rings (SSSR count). The molecule has 1 aliphatic heterocycles. The molecule has 1 heterocycles. The number of rotatable bonds is 7. The third-order valence-electron chi connectivity index (χ3n) is 5.82. The number of nitrogens with zero attached hydrogens (tertiary/aromatic N) is 2. The zero-order valence-corrected chi connectivity index (χ0v) is 19.9. The Morgan fingerprint density at radius 1 is 1.03 bits per heavy atom. The summed E-state index contributed by atoms with van der Waals surface area (Å²) in [5.74, 6) is -2.22.